The van der Waals surface area contributed by atoms with Crippen molar-refractivity contribution in [2.45, 2.75) is 87.0 Å². The molecule has 0 aliphatic rings. The zero-order chi connectivity index (χ0) is 25.9. The van der Waals surface area contributed by atoms with Gasteiger partial charge in [-0.1, -0.05) is 53.7 Å². The van der Waals surface area contributed by atoms with Crippen molar-refractivity contribution >= 4 is 0 Å². The van der Waals surface area contributed by atoms with E-state index in [-0.39, 0.29) is 28.1 Å². The lowest BCUT2D eigenvalue weighted by Gasteiger charge is -2.27. The number of hydrogen-bond acceptors (Lipinski definition) is 3. The maximum Gasteiger partial charge on any atom is 0.127 e. The summed E-state index contributed by atoms with van der Waals surface area (Å²) in [5, 5.41) is 34.0. The van der Waals surface area contributed by atoms with Crippen molar-refractivity contribution in [1.29, 1.82) is 0 Å². The van der Waals surface area contributed by atoms with Gasteiger partial charge in [-0.15, -0.1) is 0 Å². The Morgan fingerprint density at radius 3 is 1.09 bits per heavy atom. The van der Waals surface area contributed by atoms with E-state index in [2.05, 4.69) is 41.5 Å². The first-order chi connectivity index (χ1) is 15.5. The molecule has 3 rings (SSSR count). The lowest BCUT2D eigenvalue weighted by molar-refractivity contribution is 0.448. The van der Waals surface area contributed by atoms with Gasteiger partial charge in [0.1, 0.15) is 17.2 Å². The van der Waals surface area contributed by atoms with Gasteiger partial charge in [0, 0.05) is 22.3 Å². The zero-order valence-electron chi connectivity index (χ0n) is 22.7. The van der Waals surface area contributed by atoms with Crippen LogP contribution in [0.4, 0.5) is 0 Å². The molecule has 0 fully saturated rings. The van der Waals surface area contributed by atoms with Gasteiger partial charge in [0.05, 0.1) is 0 Å². The molecule has 3 aromatic carbocycles. The molecule has 3 N–H and O–H groups in total. The molecule has 0 aliphatic carbocycles. The van der Waals surface area contributed by atoms with Crippen molar-refractivity contribution in [2.75, 3.05) is 0 Å². The Bertz CT molecular complexity index is 1190. The summed E-state index contributed by atoms with van der Waals surface area (Å²) >= 11 is 0. The Morgan fingerprint density at radius 2 is 0.794 bits per heavy atom. The van der Waals surface area contributed by atoms with Gasteiger partial charge in [-0.05, 0) is 96.5 Å². The van der Waals surface area contributed by atoms with Crippen LogP contribution in [-0.2, 0) is 10.8 Å². The Hall–Kier alpha value is -2.94. The van der Waals surface area contributed by atoms with Crippen molar-refractivity contribution in [3.8, 4) is 39.5 Å². The maximum atomic E-state index is 11.4. The molecule has 0 unspecified atom stereocenters. The van der Waals surface area contributed by atoms with Crippen molar-refractivity contribution < 1.29 is 15.3 Å². The van der Waals surface area contributed by atoms with E-state index in [1.165, 1.54) is 0 Å². The van der Waals surface area contributed by atoms with Crippen LogP contribution in [0.5, 0.6) is 17.2 Å². The second kappa shape index (κ2) is 8.37. The molecule has 3 aromatic rings. The van der Waals surface area contributed by atoms with Crippen LogP contribution in [0, 0.1) is 34.6 Å². The van der Waals surface area contributed by atoms with E-state index >= 15 is 0 Å². The number of aromatic hydroxyl groups is 3. The maximum absolute atomic E-state index is 11.4. The molecular weight excluding hydrogens is 420 g/mol. The average Bonchev–Trinajstić information content (AvgIpc) is 2.69. The minimum Gasteiger partial charge on any atom is -0.507 e. The Kier molecular flexibility index (Phi) is 6.32. The Morgan fingerprint density at radius 1 is 0.471 bits per heavy atom. The van der Waals surface area contributed by atoms with Crippen LogP contribution in [0.25, 0.3) is 22.3 Å². The summed E-state index contributed by atoms with van der Waals surface area (Å²) < 4.78 is 0. The second-order valence-electron chi connectivity index (χ2n) is 11.9. The number of aryl methyl sites for hydroxylation is 2. The molecule has 0 aliphatic heterocycles. The zero-order valence-corrected chi connectivity index (χ0v) is 22.7. The largest absolute Gasteiger partial charge is 0.507 e. The third kappa shape index (κ3) is 4.29. The molecule has 0 saturated carbocycles. The molecule has 34 heavy (non-hydrogen) atoms. The molecule has 0 heterocycles. The number of phenols is 3. The van der Waals surface area contributed by atoms with E-state index in [1.807, 2.05) is 58.9 Å². The monoisotopic (exact) mass is 460 g/mol. The quantitative estimate of drug-likeness (QED) is 0.360. The van der Waals surface area contributed by atoms with Crippen LogP contribution >= 0.6 is 0 Å². The van der Waals surface area contributed by atoms with Crippen LogP contribution in [0.1, 0.15) is 80.5 Å². The third-order valence-electron chi connectivity index (χ3n) is 6.87. The standard InChI is InChI=1S/C31H40O3/c1-16-12-21(28(33)23(14-16)30(6,7)8)25-18(3)26(20(5)27(32)19(25)4)22-13-17(2)15-24(29(22)34)31(9,10)11/h12-15,32-34H,1-11H3. The van der Waals surface area contributed by atoms with Crippen molar-refractivity contribution in [2.24, 2.45) is 0 Å². The first-order valence-corrected chi connectivity index (χ1v) is 12.0. The van der Waals surface area contributed by atoms with E-state index in [9.17, 15) is 15.3 Å². The highest BCUT2D eigenvalue weighted by molar-refractivity contribution is 5.90. The van der Waals surface area contributed by atoms with Gasteiger partial charge in [-0.2, -0.15) is 0 Å². The fourth-order valence-electron chi connectivity index (χ4n) is 5.10. The van der Waals surface area contributed by atoms with Gasteiger partial charge in [-0.25, -0.2) is 0 Å². The van der Waals surface area contributed by atoms with Gasteiger partial charge < -0.3 is 15.3 Å². The molecule has 182 valence electrons. The highest BCUT2D eigenvalue weighted by atomic mass is 16.3. The van der Waals surface area contributed by atoms with Crippen LogP contribution in [0.3, 0.4) is 0 Å². The molecular formula is C31H40O3. The highest BCUT2D eigenvalue weighted by Crippen LogP contribution is 2.50. The lowest BCUT2D eigenvalue weighted by Crippen LogP contribution is -2.13. The Labute approximate surface area is 205 Å². The van der Waals surface area contributed by atoms with Crippen LogP contribution in [0.15, 0.2) is 24.3 Å². The predicted octanol–water partition coefficient (Wildman–Crippen LogP) is 8.27. The van der Waals surface area contributed by atoms with Gasteiger partial charge in [0.2, 0.25) is 0 Å². The van der Waals surface area contributed by atoms with E-state index < -0.39 is 0 Å². The number of benzene rings is 3. The van der Waals surface area contributed by atoms with Gasteiger partial charge >= 0.3 is 0 Å². The molecule has 3 heteroatoms. The first-order valence-electron chi connectivity index (χ1n) is 12.0. The van der Waals surface area contributed by atoms with E-state index in [4.69, 9.17) is 0 Å². The number of phenolic OH excluding ortho intramolecular Hbond substituents is 3. The molecule has 3 nitrogen and oxygen atoms in total. The second-order valence-corrected chi connectivity index (χ2v) is 11.9. The van der Waals surface area contributed by atoms with Crippen LogP contribution < -0.4 is 0 Å². The molecule has 0 radical (unpaired) electrons. The van der Waals surface area contributed by atoms with Gasteiger partial charge in [0.15, 0.2) is 0 Å². The minimum absolute atomic E-state index is 0.187. The van der Waals surface area contributed by atoms with E-state index in [0.29, 0.717) is 11.1 Å². The fraction of sp³-hybridized carbons (Fsp3) is 0.419. The van der Waals surface area contributed by atoms with E-state index in [1.54, 1.807) is 0 Å². The van der Waals surface area contributed by atoms with Crippen LogP contribution in [0.2, 0.25) is 0 Å². The Balaban J connectivity index is 2.49. The predicted molar refractivity (Wildman–Crippen MR) is 143 cm³/mol. The topological polar surface area (TPSA) is 60.7 Å². The van der Waals surface area contributed by atoms with Gasteiger partial charge in [-0.3, -0.25) is 0 Å². The molecule has 0 aromatic heterocycles. The summed E-state index contributed by atoms with van der Waals surface area (Å²) in [7, 11) is 0. The van der Waals surface area contributed by atoms with Crippen LogP contribution in [-0.4, -0.2) is 15.3 Å². The first kappa shape index (κ1) is 25.7. The summed E-state index contributed by atoms with van der Waals surface area (Å²) in [5.41, 5.74) is 8.77. The summed E-state index contributed by atoms with van der Waals surface area (Å²) in [6, 6.07) is 8.02. The summed E-state index contributed by atoms with van der Waals surface area (Å²) in [5.74, 6) is 0.664. The van der Waals surface area contributed by atoms with Crippen molar-refractivity contribution in [3.05, 3.63) is 63.2 Å². The van der Waals surface area contributed by atoms with Crippen molar-refractivity contribution in [3.63, 3.8) is 0 Å². The SMILES string of the molecule is Cc1cc(-c2c(C)c(O)c(C)c(-c3cc(C)cc(C(C)(C)C)c3O)c2C)c(O)c(C(C)(C)C)c1. The molecule has 0 spiro atoms. The van der Waals surface area contributed by atoms with Gasteiger partial charge in [0.25, 0.3) is 0 Å². The van der Waals surface area contributed by atoms with E-state index in [0.717, 1.165) is 50.1 Å². The highest BCUT2D eigenvalue weighted by Gasteiger charge is 2.28. The van der Waals surface area contributed by atoms with Crippen molar-refractivity contribution in [1.82, 2.24) is 0 Å². The molecule has 0 amide bonds. The smallest absolute Gasteiger partial charge is 0.127 e. The molecule has 0 saturated heterocycles. The lowest BCUT2D eigenvalue weighted by atomic mass is 9.79. The third-order valence-corrected chi connectivity index (χ3v) is 6.87. The number of rotatable bonds is 2. The molecule has 0 bridgehead atoms. The summed E-state index contributed by atoms with van der Waals surface area (Å²) in [6.07, 6.45) is 0. The number of hydrogen-bond donors (Lipinski definition) is 3. The fourth-order valence-corrected chi connectivity index (χ4v) is 5.10. The summed E-state index contributed by atoms with van der Waals surface area (Å²) in [4.78, 5) is 0. The minimum atomic E-state index is -0.237. The normalized spacial score (nSPS) is 12.3. The average molecular weight is 461 g/mol. The molecule has 0 atom stereocenters. The summed E-state index contributed by atoms with van der Waals surface area (Å²) in [6.45, 7) is 22.4.